The van der Waals surface area contributed by atoms with Crippen molar-refractivity contribution in [1.29, 1.82) is 0 Å². The predicted octanol–water partition coefficient (Wildman–Crippen LogP) is 5.04. The number of aliphatic hydroxyl groups is 1. The minimum absolute atomic E-state index is 0.0100. The van der Waals surface area contributed by atoms with Gasteiger partial charge in [-0.25, -0.2) is 15.0 Å². The molecule has 0 aliphatic heterocycles. The van der Waals surface area contributed by atoms with Crippen LogP contribution < -0.4 is 10.6 Å². The van der Waals surface area contributed by atoms with Gasteiger partial charge in [0.15, 0.2) is 5.82 Å². The molecule has 1 aliphatic carbocycles. The number of nitrogens with zero attached hydrogens (tertiary/aromatic N) is 4. The average Bonchev–Trinajstić information content (AvgIpc) is 3.17. The highest BCUT2D eigenvalue weighted by atomic mass is 19.4. The first-order valence-electron chi connectivity index (χ1n) is 10.2. The summed E-state index contributed by atoms with van der Waals surface area (Å²) in [5.41, 5.74) is -2.44. The van der Waals surface area contributed by atoms with E-state index in [9.17, 15) is 31.4 Å². The Bertz CT molecular complexity index is 1170. The summed E-state index contributed by atoms with van der Waals surface area (Å²) in [5, 5.41) is 15.8. The molecule has 13 heteroatoms. The van der Waals surface area contributed by atoms with Gasteiger partial charge in [0.1, 0.15) is 28.7 Å². The van der Waals surface area contributed by atoms with Gasteiger partial charge in [0.2, 0.25) is 0 Å². The standard InChI is InChI=1S/C21H18F6N6O/c22-20(23,24)15-6-2-4-13(30-15)19-32-17(10-18(33-19)31-12-3-1-5-14(12)34)29-11-7-8-28-16(9-11)21(25,26)27/h2,4,6-10,12,14,34H,1,3,5H2,(H2,28,29,31,32,33). The summed E-state index contributed by atoms with van der Waals surface area (Å²) in [5.74, 6) is -0.00234. The van der Waals surface area contributed by atoms with Gasteiger partial charge in [0.25, 0.3) is 0 Å². The van der Waals surface area contributed by atoms with Crippen LogP contribution in [0.15, 0.2) is 42.6 Å². The molecule has 0 aromatic carbocycles. The minimum Gasteiger partial charge on any atom is -0.391 e. The average molecular weight is 484 g/mol. The Balaban J connectivity index is 1.72. The molecule has 0 amide bonds. The molecular formula is C21H18F6N6O. The lowest BCUT2D eigenvalue weighted by Gasteiger charge is -2.18. The van der Waals surface area contributed by atoms with Crippen molar-refractivity contribution in [3.63, 3.8) is 0 Å². The second-order valence-electron chi connectivity index (χ2n) is 7.67. The van der Waals surface area contributed by atoms with Gasteiger partial charge in [-0.15, -0.1) is 0 Å². The molecule has 0 spiro atoms. The van der Waals surface area contributed by atoms with Crippen LogP contribution in [-0.2, 0) is 12.4 Å². The SMILES string of the molecule is OC1CCCC1Nc1cc(Nc2ccnc(C(F)(F)F)c2)nc(-c2cccc(C(F)(F)F)n2)n1. The number of halogens is 6. The van der Waals surface area contributed by atoms with Crippen molar-refractivity contribution < 1.29 is 31.4 Å². The zero-order chi connectivity index (χ0) is 24.5. The van der Waals surface area contributed by atoms with Crippen LogP contribution in [0.2, 0.25) is 0 Å². The molecule has 0 saturated heterocycles. The van der Waals surface area contributed by atoms with Crippen molar-refractivity contribution in [2.75, 3.05) is 10.6 Å². The molecule has 2 unspecified atom stereocenters. The first-order chi connectivity index (χ1) is 16.0. The van der Waals surface area contributed by atoms with E-state index in [1.807, 2.05) is 0 Å². The number of aliphatic hydroxyl groups excluding tert-OH is 1. The molecular weight excluding hydrogens is 466 g/mol. The fraction of sp³-hybridized carbons (Fsp3) is 0.333. The Kier molecular flexibility index (Phi) is 6.30. The molecule has 34 heavy (non-hydrogen) atoms. The van der Waals surface area contributed by atoms with E-state index in [1.165, 1.54) is 18.2 Å². The number of aromatic nitrogens is 4. The zero-order valence-electron chi connectivity index (χ0n) is 17.3. The number of pyridine rings is 2. The molecule has 1 aliphatic rings. The fourth-order valence-corrected chi connectivity index (χ4v) is 3.53. The van der Waals surface area contributed by atoms with Gasteiger partial charge < -0.3 is 15.7 Å². The smallest absolute Gasteiger partial charge is 0.391 e. The van der Waals surface area contributed by atoms with Crippen molar-refractivity contribution >= 4 is 17.3 Å². The van der Waals surface area contributed by atoms with E-state index < -0.39 is 29.8 Å². The number of alkyl halides is 6. The maximum atomic E-state index is 13.1. The Labute approximate surface area is 189 Å². The highest BCUT2D eigenvalue weighted by molar-refractivity contribution is 5.64. The maximum Gasteiger partial charge on any atom is 0.433 e. The second kappa shape index (κ2) is 9.05. The van der Waals surface area contributed by atoms with E-state index in [2.05, 4.69) is 30.6 Å². The first-order valence-corrected chi connectivity index (χ1v) is 10.2. The van der Waals surface area contributed by atoms with Crippen molar-refractivity contribution in [3.8, 4) is 11.5 Å². The minimum atomic E-state index is -4.69. The molecule has 3 heterocycles. The van der Waals surface area contributed by atoms with Crippen LogP contribution in [0.3, 0.4) is 0 Å². The van der Waals surface area contributed by atoms with Gasteiger partial charge >= 0.3 is 12.4 Å². The first kappa shape index (κ1) is 23.7. The number of hydrogen-bond acceptors (Lipinski definition) is 7. The van der Waals surface area contributed by atoms with Crippen LogP contribution in [0.1, 0.15) is 30.7 Å². The van der Waals surface area contributed by atoms with Gasteiger partial charge in [-0.3, -0.25) is 4.98 Å². The largest absolute Gasteiger partial charge is 0.433 e. The monoisotopic (exact) mass is 484 g/mol. The van der Waals surface area contributed by atoms with E-state index >= 15 is 0 Å². The third kappa shape index (κ3) is 5.53. The van der Waals surface area contributed by atoms with E-state index in [0.29, 0.717) is 12.8 Å². The maximum absolute atomic E-state index is 13.1. The van der Waals surface area contributed by atoms with Gasteiger partial charge in [0.05, 0.1) is 12.1 Å². The molecule has 2 atom stereocenters. The van der Waals surface area contributed by atoms with Crippen LogP contribution in [0.4, 0.5) is 43.7 Å². The fourth-order valence-electron chi connectivity index (χ4n) is 3.53. The van der Waals surface area contributed by atoms with Crippen molar-refractivity contribution in [3.05, 3.63) is 54.0 Å². The van der Waals surface area contributed by atoms with Crippen molar-refractivity contribution in [2.24, 2.45) is 0 Å². The molecule has 3 N–H and O–H groups in total. The number of rotatable bonds is 5. The molecule has 0 radical (unpaired) electrons. The molecule has 180 valence electrons. The third-order valence-electron chi connectivity index (χ3n) is 5.13. The third-order valence-corrected chi connectivity index (χ3v) is 5.13. The number of hydrogen-bond donors (Lipinski definition) is 3. The van der Waals surface area contributed by atoms with Gasteiger partial charge in [0, 0.05) is 18.0 Å². The number of anilines is 3. The van der Waals surface area contributed by atoms with Gasteiger partial charge in [-0.2, -0.15) is 26.3 Å². The highest BCUT2D eigenvalue weighted by Gasteiger charge is 2.33. The molecule has 0 bridgehead atoms. The lowest BCUT2D eigenvalue weighted by molar-refractivity contribution is -0.141. The van der Waals surface area contributed by atoms with Crippen LogP contribution >= 0.6 is 0 Å². The molecule has 1 fully saturated rings. The molecule has 7 nitrogen and oxygen atoms in total. The molecule has 3 aromatic heterocycles. The molecule has 3 aromatic rings. The quantitative estimate of drug-likeness (QED) is 0.437. The summed E-state index contributed by atoms with van der Waals surface area (Å²) in [4.78, 5) is 15.3. The molecule has 4 rings (SSSR count). The summed E-state index contributed by atoms with van der Waals surface area (Å²) >= 11 is 0. The molecule has 1 saturated carbocycles. The normalized spacial score (nSPS) is 18.7. The number of nitrogens with one attached hydrogen (secondary N) is 2. The van der Waals surface area contributed by atoms with E-state index in [1.54, 1.807) is 0 Å². The Morgan fingerprint density at radius 3 is 2.26 bits per heavy atom. The van der Waals surface area contributed by atoms with Crippen LogP contribution in [0, 0.1) is 0 Å². The van der Waals surface area contributed by atoms with Gasteiger partial charge in [-0.1, -0.05) is 6.07 Å². The van der Waals surface area contributed by atoms with Crippen molar-refractivity contribution in [1.82, 2.24) is 19.9 Å². The zero-order valence-corrected chi connectivity index (χ0v) is 17.3. The summed E-state index contributed by atoms with van der Waals surface area (Å²) in [7, 11) is 0. The summed E-state index contributed by atoms with van der Waals surface area (Å²) in [6, 6.07) is 6.34. The van der Waals surface area contributed by atoms with Gasteiger partial charge in [-0.05, 0) is 43.5 Å². The Morgan fingerprint density at radius 2 is 1.59 bits per heavy atom. The topological polar surface area (TPSA) is 95.8 Å². The van der Waals surface area contributed by atoms with Crippen molar-refractivity contribution in [2.45, 2.75) is 43.8 Å². The summed E-state index contributed by atoms with van der Waals surface area (Å²) in [6.45, 7) is 0. The lowest BCUT2D eigenvalue weighted by atomic mass is 10.2. The predicted molar refractivity (Wildman–Crippen MR) is 110 cm³/mol. The summed E-state index contributed by atoms with van der Waals surface area (Å²) < 4.78 is 78.4. The van der Waals surface area contributed by atoms with Crippen LogP contribution in [0.5, 0.6) is 0 Å². The van der Waals surface area contributed by atoms with E-state index in [-0.39, 0.29) is 34.9 Å². The second-order valence-corrected chi connectivity index (χ2v) is 7.67. The summed E-state index contributed by atoms with van der Waals surface area (Å²) in [6.07, 6.45) is -7.04. The van der Waals surface area contributed by atoms with E-state index in [4.69, 9.17) is 0 Å². The highest BCUT2D eigenvalue weighted by Crippen LogP contribution is 2.32. The van der Waals surface area contributed by atoms with Crippen LogP contribution in [0.25, 0.3) is 11.5 Å². The van der Waals surface area contributed by atoms with E-state index in [0.717, 1.165) is 30.8 Å². The Morgan fingerprint density at radius 1 is 0.853 bits per heavy atom. The lowest BCUT2D eigenvalue weighted by Crippen LogP contribution is -2.28. The van der Waals surface area contributed by atoms with Crippen LogP contribution in [-0.4, -0.2) is 37.2 Å². The Hall–Kier alpha value is -3.48.